The maximum atomic E-state index is 12.3. The van der Waals surface area contributed by atoms with Crippen molar-refractivity contribution in [3.63, 3.8) is 0 Å². The molecule has 1 atom stereocenters. The van der Waals surface area contributed by atoms with Gasteiger partial charge >= 0.3 is 0 Å². The number of hydrogen-bond acceptors (Lipinski definition) is 5. The second-order valence-electron chi connectivity index (χ2n) is 6.00. The summed E-state index contributed by atoms with van der Waals surface area (Å²) in [6, 6.07) is 4.80. The molecule has 1 amide bonds. The molecule has 0 spiro atoms. The van der Waals surface area contributed by atoms with Crippen LogP contribution in [0.3, 0.4) is 0 Å². The van der Waals surface area contributed by atoms with E-state index in [0.29, 0.717) is 25.7 Å². The third-order valence-corrected chi connectivity index (χ3v) is 5.62. The molecule has 1 aromatic rings. The number of nitrogens with two attached hydrogens (primary N) is 1. The van der Waals surface area contributed by atoms with Gasteiger partial charge in [0, 0.05) is 12.6 Å². The van der Waals surface area contributed by atoms with E-state index in [0.717, 1.165) is 24.0 Å². The van der Waals surface area contributed by atoms with Gasteiger partial charge in [-0.15, -0.1) is 0 Å². The first-order chi connectivity index (χ1) is 11.0. The topological polar surface area (TPSA) is 111 Å². The zero-order valence-electron chi connectivity index (χ0n) is 12.7. The van der Waals surface area contributed by atoms with Crippen molar-refractivity contribution in [2.24, 2.45) is 11.7 Å². The summed E-state index contributed by atoms with van der Waals surface area (Å²) in [4.78, 5) is 12.0. The lowest BCUT2D eigenvalue weighted by Gasteiger charge is -2.16. The van der Waals surface area contributed by atoms with Crippen molar-refractivity contribution in [1.82, 2.24) is 10.0 Å². The minimum atomic E-state index is -3.72. The molecule has 0 saturated heterocycles. The van der Waals surface area contributed by atoms with E-state index in [2.05, 4.69) is 10.0 Å². The number of nitrogens with one attached hydrogen (secondary N) is 2. The molecule has 1 unspecified atom stereocenters. The standard InChI is InChI=1S/C15H21N3O4S/c16-6-14(10-1-2-10)18-15(19)7-17-23(20,21)13-4-3-11-8-22-9-12(11)5-13/h3-5,10,14,17H,1-2,6-9,16H2,(H,18,19). The molecule has 126 valence electrons. The summed E-state index contributed by atoms with van der Waals surface area (Å²) in [7, 11) is -3.72. The Morgan fingerprint density at radius 1 is 1.30 bits per heavy atom. The molecule has 1 saturated carbocycles. The largest absolute Gasteiger partial charge is 0.372 e. The molecule has 0 aromatic heterocycles. The average molecular weight is 339 g/mol. The predicted octanol–water partition coefficient (Wildman–Crippen LogP) is -0.151. The molecule has 0 radical (unpaired) electrons. The number of carbonyl (C=O) groups excluding carboxylic acids is 1. The molecule has 23 heavy (non-hydrogen) atoms. The lowest BCUT2D eigenvalue weighted by Crippen LogP contribution is -2.46. The molecule has 1 aliphatic carbocycles. The van der Waals surface area contributed by atoms with Gasteiger partial charge < -0.3 is 15.8 Å². The number of fused-ring (bicyclic) bond motifs is 1. The number of amides is 1. The number of ether oxygens (including phenoxy) is 1. The Kier molecular flexibility index (Phi) is 4.67. The average Bonchev–Trinajstić information content (AvgIpc) is 3.27. The molecule has 1 aromatic carbocycles. The summed E-state index contributed by atoms with van der Waals surface area (Å²) < 4.78 is 32.2. The van der Waals surface area contributed by atoms with Gasteiger partial charge in [-0.2, -0.15) is 0 Å². The predicted molar refractivity (Wildman–Crippen MR) is 83.8 cm³/mol. The van der Waals surface area contributed by atoms with E-state index in [9.17, 15) is 13.2 Å². The first-order valence-electron chi connectivity index (χ1n) is 7.68. The highest BCUT2D eigenvalue weighted by Gasteiger charge is 2.31. The Labute approximate surface area is 135 Å². The molecule has 0 bridgehead atoms. The van der Waals surface area contributed by atoms with E-state index in [1.54, 1.807) is 12.1 Å². The summed E-state index contributed by atoms with van der Waals surface area (Å²) in [6.45, 7) is 0.999. The normalized spacial score (nSPS) is 18.5. The summed E-state index contributed by atoms with van der Waals surface area (Å²) in [5.74, 6) is 0.0673. The van der Waals surface area contributed by atoms with Crippen LogP contribution in [0.15, 0.2) is 23.1 Å². The van der Waals surface area contributed by atoms with E-state index in [1.807, 2.05) is 0 Å². The number of carbonyl (C=O) groups is 1. The summed E-state index contributed by atoms with van der Waals surface area (Å²) >= 11 is 0. The molecule has 4 N–H and O–H groups in total. The van der Waals surface area contributed by atoms with Gasteiger partial charge in [0.15, 0.2) is 0 Å². The van der Waals surface area contributed by atoms with Crippen LogP contribution in [0.1, 0.15) is 24.0 Å². The van der Waals surface area contributed by atoms with Crippen molar-refractivity contribution in [3.8, 4) is 0 Å². The number of hydrogen-bond donors (Lipinski definition) is 3. The highest BCUT2D eigenvalue weighted by Crippen LogP contribution is 2.32. The molecule has 2 aliphatic rings. The Bertz CT molecular complexity index is 701. The first-order valence-corrected chi connectivity index (χ1v) is 9.16. The van der Waals surface area contributed by atoms with Gasteiger partial charge in [0.05, 0.1) is 24.7 Å². The second kappa shape index (κ2) is 6.56. The van der Waals surface area contributed by atoms with Crippen LogP contribution >= 0.6 is 0 Å². The van der Waals surface area contributed by atoms with E-state index < -0.39 is 10.0 Å². The van der Waals surface area contributed by atoms with Gasteiger partial charge in [0.25, 0.3) is 0 Å². The Hall–Kier alpha value is -1.48. The van der Waals surface area contributed by atoms with Crippen LogP contribution in [0.2, 0.25) is 0 Å². The van der Waals surface area contributed by atoms with Gasteiger partial charge in [-0.1, -0.05) is 6.07 Å². The van der Waals surface area contributed by atoms with Gasteiger partial charge in [-0.05, 0) is 42.0 Å². The maximum absolute atomic E-state index is 12.3. The third kappa shape index (κ3) is 3.89. The zero-order valence-corrected chi connectivity index (χ0v) is 13.6. The molecule has 7 nitrogen and oxygen atoms in total. The molecule has 1 aliphatic heterocycles. The van der Waals surface area contributed by atoms with Gasteiger partial charge in [-0.3, -0.25) is 4.79 Å². The molecule has 3 rings (SSSR count). The fourth-order valence-corrected chi connectivity index (χ4v) is 3.72. The highest BCUT2D eigenvalue weighted by atomic mass is 32.2. The van der Waals surface area contributed by atoms with Crippen molar-refractivity contribution in [2.45, 2.75) is 37.0 Å². The number of sulfonamides is 1. The van der Waals surface area contributed by atoms with Gasteiger partial charge in [0.2, 0.25) is 15.9 Å². The van der Waals surface area contributed by atoms with Crippen LogP contribution in [0, 0.1) is 5.92 Å². The quantitative estimate of drug-likeness (QED) is 0.640. The summed E-state index contributed by atoms with van der Waals surface area (Å²) in [6.07, 6.45) is 2.12. The molecular formula is C15H21N3O4S. The van der Waals surface area contributed by atoms with Crippen molar-refractivity contribution in [3.05, 3.63) is 29.3 Å². The maximum Gasteiger partial charge on any atom is 0.241 e. The third-order valence-electron chi connectivity index (χ3n) is 4.22. The van der Waals surface area contributed by atoms with Crippen LogP contribution in [0.25, 0.3) is 0 Å². The highest BCUT2D eigenvalue weighted by molar-refractivity contribution is 7.89. The van der Waals surface area contributed by atoms with Crippen LogP contribution in [-0.2, 0) is 32.8 Å². The minimum Gasteiger partial charge on any atom is -0.372 e. The minimum absolute atomic E-state index is 0.0656. The van der Waals surface area contributed by atoms with E-state index in [1.165, 1.54) is 6.07 Å². The van der Waals surface area contributed by atoms with Crippen LogP contribution in [0.4, 0.5) is 0 Å². The van der Waals surface area contributed by atoms with Crippen LogP contribution in [-0.4, -0.2) is 33.5 Å². The Morgan fingerprint density at radius 2 is 2.04 bits per heavy atom. The van der Waals surface area contributed by atoms with Crippen molar-refractivity contribution >= 4 is 15.9 Å². The first kappa shape index (κ1) is 16.4. The lowest BCUT2D eigenvalue weighted by molar-refractivity contribution is -0.120. The van der Waals surface area contributed by atoms with Crippen molar-refractivity contribution < 1.29 is 17.9 Å². The van der Waals surface area contributed by atoms with Crippen molar-refractivity contribution in [1.29, 1.82) is 0 Å². The molecule has 1 fully saturated rings. The van der Waals surface area contributed by atoms with E-state index >= 15 is 0 Å². The summed E-state index contributed by atoms with van der Waals surface area (Å²) in [5, 5.41) is 2.78. The Balaban J connectivity index is 1.59. The fraction of sp³-hybridized carbons (Fsp3) is 0.533. The molecule has 1 heterocycles. The monoisotopic (exact) mass is 339 g/mol. The van der Waals surface area contributed by atoms with Crippen LogP contribution in [0.5, 0.6) is 0 Å². The van der Waals surface area contributed by atoms with E-state index in [-0.39, 0.29) is 23.4 Å². The zero-order chi connectivity index (χ0) is 16.4. The molecule has 8 heteroatoms. The number of rotatable bonds is 7. The fourth-order valence-electron chi connectivity index (χ4n) is 2.69. The van der Waals surface area contributed by atoms with Gasteiger partial charge in [-0.25, -0.2) is 13.1 Å². The Morgan fingerprint density at radius 3 is 2.74 bits per heavy atom. The van der Waals surface area contributed by atoms with E-state index in [4.69, 9.17) is 10.5 Å². The lowest BCUT2D eigenvalue weighted by atomic mass is 10.1. The van der Waals surface area contributed by atoms with Gasteiger partial charge in [0.1, 0.15) is 0 Å². The molecular weight excluding hydrogens is 318 g/mol. The summed E-state index contributed by atoms with van der Waals surface area (Å²) in [5.41, 5.74) is 7.49. The number of benzene rings is 1. The van der Waals surface area contributed by atoms with Crippen molar-refractivity contribution in [2.75, 3.05) is 13.1 Å². The SMILES string of the molecule is NCC(NC(=O)CNS(=O)(=O)c1ccc2c(c1)COC2)C1CC1. The second-order valence-corrected chi connectivity index (χ2v) is 7.76. The smallest absolute Gasteiger partial charge is 0.241 e. The van der Waals surface area contributed by atoms with Crippen LogP contribution < -0.4 is 15.8 Å².